The van der Waals surface area contributed by atoms with Crippen LogP contribution in [-0.2, 0) is 0 Å². The van der Waals surface area contributed by atoms with E-state index in [4.69, 9.17) is 5.11 Å². The van der Waals surface area contributed by atoms with E-state index in [9.17, 15) is 14.7 Å². The number of aliphatic hydroxyl groups is 1. The van der Waals surface area contributed by atoms with E-state index in [-0.39, 0.29) is 17.5 Å². The number of carboxylic acid groups (broad SMARTS) is 1. The molecule has 1 fully saturated rings. The zero-order chi connectivity index (χ0) is 17.8. The summed E-state index contributed by atoms with van der Waals surface area (Å²) in [5, 5.41) is 19.4. The molecule has 5 heteroatoms. The molecule has 3 rings (SSSR count). The molecule has 1 amide bonds. The topological polar surface area (TPSA) is 77.8 Å². The van der Waals surface area contributed by atoms with E-state index in [2.05, 4.69) is 0 Å². The molecule has 1 aliphatic rings. The maximum atomic E-state index is 12.8. The Morgan fingerprint density at radius 2 is 1.68 bits per heavy atom. The minimum atomic E-state index is -1.01. The third kappa shape index (κ3) is 3.88. The number of aromatic carboxylic acids is 1. The van der Waals surface area contributed by atoms with Gasteiger partial charge in [0.05, 0.1) is 11.7 Å². The van der Waals surface area contributed by atoms with Crippen LogP contribution in [0.2, 0.25) is 0 Å². The molecule has 0 aliphatic carbocycles. The molecule has 0 bridgehead atoms. The number of carbonyl (C=O) groups is 2. The number of carbonyl (C=O) groups excluding carboxylic acids is 1. The van der Waals surface area contributed by atoms with Crippen LogP contribution in [0.5, 0.6) is 0 Å². The van der Waals surface area contributed by atoms with Gasteiger partial charge in [-0.25, -0.2) is 4.79 Å². The Morgan fingerprint density at radius 1 is 1.04 bits per heavy atom. The average Bonchev–Trinajstić information content (AvgIpc) is 3.10. The Hall–Kier alpha value is -2.66. The minimum absolute atomic E-state index is 0.0122. The summed E-state index contributed by atoms with van der Waals surface area (Å²) < 4.78 is 0. The standard InChI is InChI=1S/C20H21NO4/c22-18(14-5-2-1-3-6-14)13-17-7-4-12-21(17)19(23)15-8-10-16(11-9-15)20(24)25/h1-3,5-6,8-11,17-18,22H,4,7,12-13H2,(H,24,25)/t17-,18+/m1/s1. The monoisotopic (exact) mass is 339 g/mol. The SMILES string of the molecule is O=C(O)c1ccc(C(=O)N2CCC[C@@H]2C[C@H](O)c2ccccc2)cc1. The fourth-order valence-electron chi connectivity index (χ4n) is 3.34. The first kappa shape index (κ1) is 17.2. The molecular formula is C20H21NO4. The van der Waals surface area contributed by atoms with Crippen LogP contribution in [-0.4, -0.2) is 39.6 Å². The van der Waals surface area contributed by atoms with Gasteiger partial charge in [0.2, 0.25) is 0 Å². The smallest absolute Gasteiger partial charge is 0.335 e. The normalized spacial score (nSPS) is 18.1. The number of hydrogen-bond donors (Lipinski definition) is 2. The average molecular weight is 339 g/mol. The van der Waals surface area contributed by atoms with Crippen molar-refractivity contribution >= 4 is 11.9 Å². The van der Waals surface area contributed by atoms with Crippen molar-refractivity contribution in [3.05, 3.63) is 71.3 Å². The third-order valence-electron chi connectivity index (χ3n) is 4.70. The van der Waals surface area contributed by atoms with Crippen LogP contribution in [0.3, 0.4) is 0 Å². The van der Waals surface area contributed by atoms with Gasteiger partial charge in [-0.3, -0.25) is 4.79 Å². The number of amides is 1. The molecule has 2 aromatic carbocycles. The Labute approximate surface area is 146 Å². The number of likely N-dealkylation sites (tertiary alicyclic amines) is 1. The Balaban J connectivity index is 1.70. The number of nitrogens with zero attached hydrogens (tertiary/aromatic N) is 1. The van der Waals surface area contributed by atoms with Crippen molar-refractivity contribution in [3.63, 3.8) is 0 Å². The second-order valence-electron chi connectivity index (χ2n) is 6.34. The first-order valence-corrected chi connectivity index (χ1v) is 8.43. The van der Waals surface area contributed by atoms with Crippen molar-refractivity contribution in [2.45, 2.75) is 31.4 Å². The van der Waals surface area contributed by atoms with Gasteiger partial charge in [-0.05, 0) is 49.1 Å². The first-order chi connectivity index (χ1) is 12.1. The fraction of sp³-hybridized carbons (Fsp3) is 0.300. The second kappa shape index (κ2) is 7.49. The van der Waals surface area contributed by atoms with Gasteiger partial charge in [0.1, 0.15) is 0 Å². The van der Waals surface area contributed by atoms with E-state index in [1.54, 1.807) is 17.0 Å². The quantitative estimate of drug-likeness (QED) is 0.877. The summed E-state index contributed by atoms with van der Waals surface area (Å²) in [7, 11) is 0. The number of aliphatic hydroxyl groups excluding tert-OH is 1. The highest BCUT2D eigenvalue weighted by molar-refractivity contribution is 5.96. The van der Waals surface area contributed by atoms with E-state index in [0.717, 1.165) is 18.4 Å². The van der Waals surface area contributed by atoms with Gasteiger partial charge in [-0.15, -0.1) is 0 Å². The molecule has 0 spiro atoms. The lowest BCUT2D eigenvalue weighted by molar-refractivity contribution is 0.0661. The van der Waals surface area contributed by atoms with E-state index < -0.39 is 12.1 Å². The van der Waals surface area contributed by atoms with Gasteiger partial charge in [-0.2, -0.15) is 0 Å². The summed E-state index contributed by atoms with van der Waals surface area (Å²) in [4.78, 5) is 25.5. The van der Waals surface area contributed by atoms with E-state index >= 15 is 0 Å². The van der Waals surface area contributed by atoms with Crippen molar-refractivity contribution in [1.29, 1.82) is 0 Å². The van der Waals surface area contributed by atoms with E-state index in [0.29, 0.717) is 18.5 Å². The third-order valence-corrected chi connectivity index (χ3v) is 4.70. The second-order valence-corrected chi connectivity index (χ2v) is 6.34. The van der Waals surface area contributed by atoms with Crippen LogP contribution in [0.4, 0.5) is 0 Å². The lowest BCUT2D eigenvalue weighted by Crippen LogP contribution is -2.36. The van der Waals surface area contributed by atoms with Gasteiger partial charge in [-0.1, -0.05) is 30.3 Å². The van der Waals surface area contributed by atoms with Crippen LogP contribution < -0.4 is 0 Å². The van der Waals surface area contributed by atoms with Crippen LogP contribution >= 0.6 is 0 Å². The van der Waals surface area contributed by atoms with Crippen molar-refractivity contribution in [3.8, 4) is 0 Å². The molecule has 0 saturated carbocycles. The van der Waals surface area contributed by atoms with Crippen molar-refractivity contribution < 1.29 is 19.8 Å². The van der Waals surface area contributed by atoms with E-state index in [1.165, 1.54) is 12.1 Å². The molecule has 1 heterocycles. The Bertz CT molecular complexity index is 742. The highest BCUT2D eigenvalue weighted by Gasteiger charge is 2.31. The van der Waals surface area contributed by atoms with Gasteiger partial charge >= 0.3 is 5.97 Å². The molecule has 2 atom stereocenters. The van der Waals surface area contributed by atoms with Crippen LogP contribution in [0.25, 0.3) is 0 Å². The summed E-state index contributed by atoms with van der Waals surface area (Å²) in [5.74, 6) is -1.12. The maximum absolute atomic E-state index is 12.8. The molecule has 0 unspecified atom stereocenters. The van der Waals surface area contributed by atoms with Crippen molar-refractivity contribution in [1.82, 2.24) is 4.90 Å². The van der Waals surface area contributed by atoms with Crippen molar-refractivity contribution in [2.75, 3.05) is 6.54 Å². The predicted octanol–water partition coefficient (Wildman–Crippen LogP) is 3.11. The Morgan fingerprint density at radius 3 is 2.32 bits per heavy atom. The molecule has 0 radical (unpaired) electrons. The van der Waals surface area contributed by atoms with Gasteiger partial charge in [0.15, 0.2) is 0 Å². The Kier molecular flexibility index (Phi) is 5.14. The predicted molar refractivity (Wildman–Crippen MR) is 93.5 cm³/mol. The largest absolute Gasteiger partial charge is 0.478 e. The van der Waals surface area contributed by atoms with Crippen LogP contribution in [0.15, 0.2) is 54.6 Å². The number of rotatable bonds is 5. The number of hydrogen-bond acceptors (Lipinski definition) is 3. The molecule has 1 saturated heterocycles. The molecule has 1 aliphatic heterocycles. The lowest BCUT2D eigenvalue weighted by atomic mass is 10.00. The van der Waals surface area contributed by atoms with Crippen LogP contribution in [0.1, 0.15) is 51.6 Å². The summed E-state index contributed by atoms with van der Waals surface area (Å²) in [6.45, 7) is 0.658. The summed E-state index contributed by atoms with van der Waals surface area (Å²) in [6, 6.07) is 15.4. The number of carboxylic acids is 1. The summed E-state index contributed by atoms with van der Waals surface area (Å²) in [5.41, 5.74) is 1.49. The maximum Gasteiger partial charge on any atom is 0.335 e. The molecule has 2 aromatic rings. The highest BCUT2D eigenvalue weighted by atomic mass is 16.4. The van der Waals surface area contributed by atoms with Gasteiger partial charge in [0, 0.05) is 18.2 Å². The molecular weight excluding hydrogens is 318 g/mol. The molecule has 5 nitrogen and oxygen atoms in total. The number of benzene rings is 2. The summed E-state index contributed by atoms with van der Waals surface area (Å²) in [6.07, 6.45) is 1.67. The molecule has 0 aromatic heterocycles. The van der Waals surface area contributed by atoms with Crippen LogP contribution in [0, 0.1) is 0 Å². The zero-order valence-corrected chi connectivity index (χ0v) is 13.8. The van der Waals surface area contributed by atoms with Gasteiger partial charge < -0.3 is 15.1 Å². The lowest BCUT2D eigenvalue weighted by Gasteiger charge is -2.27. The van der Waals surface area contributed by atoms with Crippen molar-refractivity contribution in [2.24, 2.45) is 0 Å². The summed E-state index contributed by atoms with van der Waals surface area (Å²) >= 11 is 0. The first-order valence-electron chi connectivity index (χ1n) is 8.43. The minimum Gasteiger partial charge on any atom is -0.478 e. The zero-order valence-electron chi connectivity index (χ0n) is 13.8. The van der Waals surface area contributed by atoms with E-state index in [1.807, 2.05) is 30.3 Å². The molecule has 25 heavy (non-hydrogen) atoms. The van der Waals surface area contributed by atoms with Gasteiger partial charge in [0.25, 0.3) is 5.91 Å². The molecule has 2 N–H and O–H groups in total. The highest BCUT2D eigenvalue weighted by Crippen LogP contribution is 2.28. The fourth-order valence-corrected chi connectivity index (χ4v) is 3.34. The molecule has 130 valence electrons.